The van der Waals surface area contributed by atoms with Crippen molar-refractivity contribution in [3.8, 4) is 11.5 Å². The molecule has 1 aliphatic rings. The fourth-order valence-electron chi connectivity index (χ4n) is 2.28. The molecular formula is C16H14N2O3S2. The Morgan fingerprint density at radius 3 is 2.70 bits per heavy atom. The largest absolute Gasteiger partial charge is 0.493 e. The molecule has 5 nitrogen and oxygen atoms in total. The van der Waals surface area contributed by atoms with Gasteiger partial charge in [-0.05, 0) is 23.8 Å². The van der Waals surface area contributed by atoms with Gasteiger partial charge >= 0.3 is 0 Å². The standard InChI is InChI=1S/C16H14N2O3S2/c1-20-10-4-3-9(7-11(10)21-2)8-12-14(19)13(15(17)23-12)16-18-5-6-22-16/h3-8,13,17H,1-2H3/b12-8-,17-15?/t13-/m1/s1. The lowest BCUT2D eigenvalue weighted by molar-refractivity contribution is -0.114. The highest BCUT2D eigenvalue weighted by atomic mass is 32.2. The zero-order chi connectivity index (χ0) is 16.4. The third-order valence-electron chi connectivity index (χ3n) is 3.39. The molecule has 1 N–H and O–H groups in total. The molecule has 0 saturated carbocycles. The number of hydrogen-bond acceptors (Lipinski definition) is 7. The highest BCUT2D eigenvalue weighted by molar-refractivity contribution is 8.19. The van der Waals surface area contributed by atoms with Gasteiger partial charge in [-0.25, -0.2) is 4.98 Å². The van der Waals surface area contributed by atoms with Gasteiger partial charge in [-0.15, -0.1) is 11.3 Å². The molecule has 0 bridgehead atoms. The number of benzene rings is 1. The Balaban J connectivity index is 1.92. The molecule has 1 aliphatic heterocycles. The molecule has 23 heavy (non-hydrogen) atoms. The van der Waals surface area contributed by atoms with Gasteiger partial charge in [-0.1, -0.05) is 17.8 Å². The second-order valence-electron chi connectivity index (χ2n) is 4.76. The predicted molar refractivity (Wildman–Crippen MR) is 92.7 cm³/mol. The summed E-state index contributed by atoms with van der Waals surface area (Å²) in [5, 5.41) is 10.9. The molecule has 0 spiro atoms. The number of ketones is 1. The first kappa shape index (κ1) is 15.8. The number of methoxy groups -OCH3 is 2. The third-order valence-corrected chi connectivity index (χ3v) is 5.23. The average molecular weight is 346 g/mol. The van der Waals surface area contributed by atoms with E-state index in [9.17, 15) is 4.79 Å². The SMILES string of the molecule is COc1ccc(/C=C2\SC(=N)[C@H](c3nccs3)C2=O)cc1OC. The van der Waals surface area contributed by atoms with Crippen LogP contribution in [0.4, 0.5) is 0 Å². The third kappa shape index (κ3) is 3.02. The average Bonchev–Trinajstić information content (AvgIpc) is 3.16. The highest BCUT2D eigenvalue weighted by Gasteiger charge is 2.38. The number of thiazole rings is 1. The Kier molecular flexibility index (Phi) is 4.49. The van der Waals surface area contributed by atoms with E-state index in [0.717, 1.165) is 5.56 Å². The molecule has 118 valence electrons. The molecule has 0 unspecified atom stereocenters. The van der Waals surface area contributed by atoms with Gasteiger partial charge in [-0.3, -0.25) is 10.2 Å². The number of carbonyl (C=O) groups excluding carboxylic acids is 1. The number of Topliss-reactive ketones (excluding diaryl/α,β-unsaturated/α-hetero) is 1. The van der Waals surface area contributed by atoms with Crippen molar-refractivity contribution in [1.29, 1.82) is 5.41 Å². The van der Waals surface area contributed by atoms with Crippen LogP contribution in [0.5, 0.6) is 11.5 Å². The number of allylic oxidation sites excluding steroid dienone is 1. The normalized spacial score (nSPS) is 19.4. The quantitative estimate of drug-likeness (QED) is 0.857. The number of ether oxygens (including phenoxy) is 2. The Hall–Kier alpha value is -2.12. The van der Waals surface area contributed by atoms with Crippen LogP contribution in [0.15, 0.2) is 34.7 Å². The molecule has 1 aromatic heterocycles. The minimum atomic E-state index is -0.564. The summed E-state index contributed by atoms with van der Waals surface area (Å²) in [7, 11) is 3.14. The van der Waals surface area contributed by atoms with E-state index in [4.69, 9.17) is 14.9 Å². The lowest BCUT2D eigenvalue weighted by Crippen LogP contribution is -2.11. The number of carbonyl (C=O) groups is 1. The van der Waals surface area contributed by atoms with Crippen molar-refractivity contribution in [2.24, 2.45) is 0 Å². The van der Waals surface area contributed by atoms with Crippen molar-refractivity contribution in [2.45, 2.75) is 5.92 Å². The van der Waals surface area contributed by atoms with E-state index >= 15 is 0 Å². The van der Waals surface area contributed by atoms with Crippen LogP contribution < -0.4 is 9.47 Å². The van der Waals surface area contributed by atoms with Gasteiger partial charge in [0.1, 0.15) is 10.9 Å². The van der Waals surface area contributed by atoms with Crippen LogP contribution in [-0.4, -0.2) is 30.0 Å². The first-order valence-electron chi connectivity index (χ1n) is 6.77. The molecule has 1 fully saturated rings. The number of rotatable bonds is 4. The maximum absolute atomic E-state index is 12.6. The van der Waals surface area contributed by atoms with Crippen molar-refractivity contribution < 1.29 is 14.3 Å². The number of nitrogens with zero attached hydrogens (tertiary/aromatic N) is 1. The second-order valence-corrected chi connectivity index (χ2v) is 6.77. The van der Waals surface area contributed by atoms with Crippen LogP contribution >= 0.6 is 23.1 Å². The molecule has 1 aromatic carbocycles. The number of nitrogens with one attached hydrogen (secondary N) is 1. The van der Waals surface area contributed by atoms with E-state index in [2.05, 4.69) is 4.98 Å². The second kappa shape index (κ2) is 6.55. The summed E-state index contributed by atoms with van der Waals surface area (Å²) in [4.78, 5) is 17.3. The van der Waals surface area contributed by atoms with Gasteiger partial charge in [-0.2, -0.15) is 0 Å². The minimum absolute atomic E-state index is 0.0789. The van der Waals surface area contributed by atoms with Crippen LogP contribution in [0, 0.1) is 5.41 Å². The van der Waals surface area contributed by atoms with Gasteiger partial charge < -0.3 is 9.47 Å². The smallest absolute Gasteiger partial charge is 0.186 e. The van der Waals surface area contributed by atoms with Gasteiger partial charge in [0.15, 0.2) is 17.3 Å². The van der Waals surface area contributed by atoms with E-state index in [1.54, 1.807) is 38.6 Å². The van der Waals surface area contributed by atoms with Crippen molar-refractivity contribution in [3.05, 3.63) is 45.3 Å². The summed E-state index contributed by atoms with van der Waals surface area (Å²) < 4.78 is 10.5. The fraction of sp³-hybridized carbons (Fsp3) is 0.188. The van der Waals surface area contributed by atoms with Crippen LogP contribution in [-0.2, 0) is 4.79 Å². The zero-order valence-electron chi connectivity index (χ0n) is 12.5. The maximum Gasteiger partial charge on any atom is 0.186 e. The number of hydrogen-bond donors (Lipinski definition) is 1. The van der Waals surface area contributed by atoms with Gasteiger partial charge in [0, 0.05) is 11.6 Å². The molecule has 1 atom stereocenters. The van der Waals surface area contributed by atoms with Crippen molar-refractivity contribution >= 4 is 40.0 Å². The summed E-state index contributed by atoms with van der Waals surface area (Å²) in [5.41, 5.74) is 0.825. The van der Waals surface area contributed by atoms with E-state index in [0.29, 0.717) is 26.5 Å². The first-order valence-corrected chi connectivity index (χ1v) is 8.47. The summed E-state index contributed by atoms with van der Waals surface area (Å²) in [6.45, 7) is 0. The van der Waals surface area contributed by atoms with Crippen molar-refractivity contribution in [2.75, 3.05) is 14.2 Å². The molecular weight excluding hydrogens is 332 g/mol. The monoisotopic (exact) mass is 346 g/mol. The predicted octanol–water partition coefficient (Wildman–Crippen LogP) is 3.58. The van der Waals surface area contributed by atoms with E-state index in [-0.39, 0.29) is 5.78 Å². The van der Waals surface area contributed by atoms with E-state index in [1.807, 2.05) is 11.4 Å². The lowest BCUT2D eigenvalue weighted by Gasteiger charge is -2.08. The summed E-state index contributed by atoms with van der Waals surface area (Å²) in [6, 6.07) is 5.45. The summed E-state index contributed by atoms with van der Waals surface area (Å²) in [6.07, 6.45) is 3.43. The molecule has 7 heteroatoms. The van der Waals surface area contributed by atoms with Crippen LogP contribution in [0.2, 0.25) is 0 Å². The van der Waals surface area contributed by atoms with E-state index < -0.39 is 5.92 Å². The zero-order valence-corrected chi connectivity index (χ0v) is 14.2. The van der Waals surface area contributed by atoms with Crippen molar-refractivity contribution in [3.63, 3.8) is 0 Å². The molecule has 3 rings (SSSR count). The van der Waals surface area contributed by atoms with Crippen LogP contribution in [0.25, 0.3) is 6.08 Å². The van der Waals surface area contributed by atoms with E-state index in [1.165, 1.54) is 23.1 Å². The van der Waals surface area contributed by atoms with Crippen LogP contribution in [0.1, 0.15) is 16.5 Å². The summed E-state index contributed by atoms with van der Waals surface area (Å²) in [5.74, 6) is 0.591. The lowest BCUT2D eigenvalue weighted by atomic mass is 10.0. The Morgan fingerprint density at radius 1 is 1.26 bits per heavy atom. The number of thioether (sulfide) groups is 1. The first-order chi connectivity index (χ1) is 11.1. The highest BCUT2D eigenvalue weighted by Crippen LogP contribution is 2.41. The van der Waals surface area contributed by atoms with Gasteiger partial charge in [0.2, 0.25) is 0 Å². The van der Waals surface area contributed by atoms with Crippen molar-refractivity contribution in [1.82, 2.24) is 4.98 Å². The molecule has 2 heterocycles. The Bertz CT molecular complexity index is 785. The fourth-order valence-corrected chi connectivity index (χ4v) is 4.09. The minimum Gasteiger partial charge on any atom is -0.493 e. The molecule has 0 radical (unpaired) electrons. The van der Waals surface area contributed by atoms with Gasteiger partial charge in [0.05, 0.1) is 24.2 Å². The van der Waals surface area contributed by atoms with Gasteiger partial charge in [0.25, 0.3) is 0 Å². The molecule has 2 aromatic rings. The molecule has 1 saturated heterocycles. The van der Waals surface area contributed by atoms with Crippen LogP contribution in [0.3, 0.4) is 0 Å². The Morgan fingerprint density at radius 2 is 2.04 bits per heavy atom. The Labute approximate surface area is 141 Å². The summed E-state index contributed by atoms with van der Waals surface area (Å²) >= 11 is 2.58. The molecule has 0 amide bonds. The maximum atomic E-state index is 12.6. The topological polar surface area (TPSA) is 72.3 Å². The molecule has 0 aliphatic carbocycles. The number of aromatic nitrogens is 1.